The van der Waals surface area contributed by atoms with E-state index >= 15 is 0 Å². The smallest absolute Gasteiger partial charge is 0.180 e. The second-order valence-electron chi connectivity index (χ2n) is 5.88. The quantitative estimate of drug-likeness (QED) is 0.792. The molecule has 0 unspecified atom stereocenters. The normalized spacial score (nSPS) is 17.1. The van der Waals surface area contributed by atoms with E-state index in [1.165, 1.54) is 37.4 Å². The van der Waals surface area contributed by atoms with Crippen LogP contribution in [0.25, 0.3) is 0 Å². The van der Waals surface area contributed by atoms with Crippen LogP contribution in [0.4, 0.5) is 5.13 Å². The molecule has 7 heteroatoms. The van der Waals surface area contributed by atoms with Crippen molar-refractivity contribution < 1.29 is 0 Å². The first-order valence-electron chi connectivity index (χ1n) is 7.41. The van der Waals surface area contributed by atoms with Crippen molar-refractivity contribution in [2.45, 2.75) is 19.4 Å². The molecule has 0 bridgehead atoms. The molecule has 2 rings (SSSR count). The average molecular weight is 334 g/mol. The molecule has 3 N–H and O–H groups in total. The molecule has 0 aliphatic carbocycles. The molecule has 5 nitrogen and oxygen atoms in total. The van der Waals surface area contributed by atoms with E-state index in [2.05, 4.69) is 34.2 Å². The lowest BCUT2D eigenvalue weighted by Crippen LogP contribution is -2.40. The van der Waals surface area contributed by atoms with Gasteiger partial charge in [-0.3, -0.25) is 0 Å². The Labute approximate surface area is 138 Å². The zero-order valence-electron chi connectivity index (χ0n) is 13.0. The van der Waals surface area contributed by atoms with Gasteiger partial charge in [0, 0.05) is 30.7 Å². The van der Waals surface area contributed by atoms with Crippen molar-refractivity contribution in [3.8, 4) is 0 Å². The summed E-state index contributed by atoms with van der Waals surface area (Å²) in [6, 6.07) is 0. The Morgan fingerprint density at radius 2 is 2.14 bits per heavy atom. The highest BCUT2D eigenvalue weighted by Crippen LogP contribution is 2.17. The minimum absolute atomic E-state index is 0. The molecular weight excluding hydrogens is 306 g/mol. The van der Waals surface area contributed by atoms with Gasteiger partial charge in [0.1, 0.15) is 0 Å². The molecule has 0 aromatic carbocycles. The van der Waals surface area contributed by atoms with Crippen molar-refractivity contribution in [1.29, 1.82) is 0 Å². The topological polar surface area (TPSA) is 57.4 Å². The van der Waals surface area contributed by atoms with E-state index in [0.29, 0.717) is 5.13 Å². The highest BCUT2D eigenvalue weighted by molar-refractivity contribution is 7.15. The van der Waals surface area contributed by atoms with E-state index in [4.69, 9.17) is 5.73 Å². The third-order valence-corrected chi connectivity index (χ3v) is 4.70. The highest BCUT2D eigenvalue weighted by Gasteiger charge is 2.18. The Bertz CT molecular complexity index is 390. The van der Waals surface area contributed by atoms with Gasteiger partial charge in [-0.25, -0.2) is 4.98 Å². The Morgan fingerprint density at radius 3 is 2.71 bits per heavy atom. The summed E-state index contributed by atoms with van der Waals surface area (Å²) in [4.78, 5) is 10.1. The molecule has 2 heterocycles. The summed E-state index contributed by atoms with van der Waals surface area (Å²) in [6.45, 7) is 6.86. The van der Waals surface area contributed by atoms with Gasteiger partial charge in [0.2, 0.25) is 0 Å². The predicted octanol–water partition coefficient (Wildman–Crippen LogP) is 1.51. The molecule has 0 amide bonds. The molecule has 0 spiro atoms. The van der Waals surface area contributed by atoms with E-state index in [9.17, 15) is 0 Å². The molecular formula is C14H28ClN5S. The van der Waals surface area contributed by atoms with Crippen LogP contribution in [-0.2, 0) is 6.54 Å². The number of likely N-dealkylation sites (tertiary alicyclic amines) is 1. The zero-order valence-corrected chi connectivity index (χ0v) is 14.7. The first-order chi connectivity index (χ1) is 9.63. The van der Waals surface area contributed by atoms with Gasteiger partial charge in [0.25, 0.3) is 0 Å². The summed E-state index contributed by atoms with van der Waals surface area (Å²) in [5, 5.41) is 4.20. The van der Waals surface area contributed by atoms with Gasteiger partial charge in [-0.2, -0.15) is 0 Å². The number of rotatable bonds is 7. The summed E-state index contributed by atoms with van der Waals surface area (Å²) in [7, 11) is 4.28. The monoisotopic (exact) mass is 333 g/mol. The van der Waals surface area contributed by atoms with Crippen LogP contribution in [0.5, 0.6) is 0 Å². The van der Waals surface area contributed by atoms with Crippen LogP contribution >= 0.6 is 23.7 Å². The van der Waals surface area contributed by atoms with Gasteiger partial charge in [0.05, 0.1) is 0 Å². The molecule has 1 aromatic rings. The number of thiazole rings is 1. The van der Waals surface area contributed by atoms with Crippen LogP contribution in [0.1, 0.15) is 17.7 Å². The number of hydrogen-bond acceptors (Lipinski definition) is 6. The predicted molar refractivity (Wildman–Crippen MR) is 93.2 cm³/mol. The number of piperidine rings is 1. The second-order valence-corrected chi connectivity index (χ2v) is 7.03. The van der Waals surface area contributed by atoms with Crippen molar-refractivity contribution in [1.82, 2.24) is 20.1 Å². The maximum atomic E-state index is 5.63. The number of halogens is 1. The maximum Gasteiger partial charge on any atom is 0.180 e. The van der Waals surface area contributed by atoms with Crippen LogP contribution in [0, 0.1) is 5.92 Å². The average Bonchev–Trinajstić information content (AvgIpc) is 2.83. The first-order valence-corrected chi connectivity index (χ1v) is 8.23. The largest absolute Gasteiger partial charge is 0.375 e. The van der Waals surface area contributed by atoms with Gasteiger partial charge in [-0.15, -0.1) is 23.7 Å². The zero-order chi connectivity index (χ0) is 14.4. The highest BCUT2D eigenvalue weighted by atomic mass is 35.5. The molecule has 122 valence electrons. The van der Waals surface area contributed by atoms with Crippen molar-refractivity contribution in [3.63, 3.8) is 0 Å². The molecule has 0 radical (unpaired) electrons. The van der Waals surface area contributed by atoms with Crippen LogP contribution < -0.4 is 11.1 Å². The van der Waals surface area contributed by atoms with E-state index in [0.717, 1.165) is 25.6 Å². The van der Waals surface area contributed by atoms with Crippen LogP contribution in [0.3, 0.4) is 0 Å². The van der Waals surface area contributed by atoms with Crippen molar-refractivity contribution >= 4 is 28.9 Å². The fourth-order valence-corrected chi connectivity index (χ4v) is 3.21. The van der Waals surface area contributed by atoms with Crippen molar-refractivity contribution in [3.05, 3.63) is 11.1 Å². The minimum atomic E-state index is 0. The van der Waals surface area contributed by atoms with E-state index < -0.39 is 0 Å². The Kier molecular flexibility index (Phi) is 8.51. The molecule has 21 heavy (non-hydrogen) atoms. The number of nitrogens with one attached hydrogen (secondary N) is 1. The van der Waals surface area contributed by atoms with Crippen LogP contribution in [-0.4, -0.2) is 61.6 Å². The van der Waals surface area contributed by atoms with E-state index in [1.54, 1.807) is 11.3 Å². The fraction of sp³-hybridized carbons (Fsp3) is 0.786. The van der Waals surface area contributed by atoms with E-state index in [-0.39, 0.29) is 12.4 Å². The molecule has 0 atom stereocenters. The second kappa shape index (κ2) is 9.58. The van der Waals surface area contributed by atoms with Crippen LogP contribution in [0.15, 0.2) is 6.20 Å². The first kappa shape index (κ1) is 18.6. The number of likely N-dealkylation sites (N-methyl/N-ethyl adjacent to an activating group) is 1. The summed E-state index contributed by atoms with van der Waals surface area (Å²) < 4.78 is 0. The summed E-state index contributed by atoms with van der Waals surface area (Å²) in [5.74, 6) is 0.816. The lowest BCUT2D eigenvalue weighted by molar-refractivity contribution is 0.169. The molecule has 0 saturated carbocycles. The molecule has 1 aromatic heterocycles. The Hall–Kier alpha value is -0.400. The summed E-state index contributed by atoms with van der Waals surface area (Å²) in [6.07, 6.45) is 4.49. The number of aromatic nitrogens is 1. The van der Waals surface area contributed by atoms with Gasteiger partial charge < -0.3 is 20.9 Å². The number of nitrogens with zero attached hydrogens (tertiary/aromatic N) is 3. The lowest BCUT2D eigenvalue weighted by atomic mass is 9.97. The lowest BCUT2D eigenvalue weighted by Gasteiger charge is -2.32. The third kappa shape index (κ3) is 6.93. The number of hydrogen-bond donors (Lipinski definition) is 2. The van der Waals surface area contributed by atoms with Gasteiger partial charge in [0.15, 0.2) is 5.13 Å². The molecule has 1 saturated heterocycles. The number of nitrogens with two attached hydrogens (primary N) is 1. The fourth-order valence-electron chi connectivity index (χ4n) is 2.56. The molecule has 1 aliphatic heterocycles. The maximum absolute atomic E-state index is 5.63. The van der Waals surface area contributed by atoms with Gasteiger partial charge >= 0.3 is 0 Å². The standard InChI is InChI=1S/C14H27N5S.ClH/c1-18(2)7-8-19-5-3-12(4-6-19)9-16-10-13-11-17-14(15)20-13;/h11-12,16H,3-10H2,1-2H3,(H2,15,17);1H. The molecule has 1 aliphatic rings. The SMILES string of the molecule is CN(C)CCN1CCC(CNCc2cnc(N)s2)CC1.Cl. The Morgan fingerprint density at radius 1 is 1.43 bits per heavy atom. The van der Waals surface area contributed by atoms with E-state index in [1.807, 2.05) is 6.20 Å². The number of anilines is 1. The third-order valence-electron chi connectivity index (χ3n) is 3.87. The van der Waals surface area contributed by atoms with Gasteiger partial charge in [-0.05, 0) is 52.5 Å². The summed E-state index contributed by atoms with van der Waals surface area (Å²) >= 11 is 1.58. The number of nitrogen functional groups attached to an aromatic ring is 1. The minimum Gasteiger partial charge on any atom is -0.375 e. The van der Waals surface area contributed by atoms with Crippen molar-refractivity contribution in [2.24, 2.45) is 5.92 Å². The van der Waals surface area contributed by atoms with Gasteiger partial charge in [-0.1, -0.05) is 0 Å². The van der Waals surface area contributed by atoms with Crippen molar-refractivity contribution in [2.75, 3.05) is 52.6 Å². The molecule has 1 fully saturated rings. The summed E-state index contributed by atoms with van der Waals surface area (Å²) in [5.41, 5.74) is 5.63. The van der Waals surface area contributed by atoms with Crippen LogP contribution in [0.2, 0.25) is 0 Å². The Balaban J connectivity index is 0.00000220.